The first kappa shape index (κ1) is 12.3. The van der Waals surface area contributed by atoms with Gasteiger partial charge in [-0.1, -0.05) is 23.2 Å². The summed E-state index contributed by atoms with van der Waals surface area (Å²) in [5.74, 6) is 0. The van der Waals surface area contributed by atoms with Crippen molar-refractivity contribution in [3.05, 3.63) is 58.6 Å². The highest BCUT2D eigenvalue weighted by Gasteiger charge is 2.06. The van der Waals surface area contributed by atoms with Crippen molar-refractivity contribution >= 4 is 34.6 Å². The Morgan fingerprint density at radius 1 is 0.765 bits per heavy atom. The molecule has 0 N–H and O–H groups in total. The number of rotatable bonds is 3. The van der Waals surface area contributed by atoms with Crippen molar-refractivity contribution in [3.63, 3.8) is 0 Å². The predicted molar refractivity (Wildman–Crippen MR) is 75.6 cm³/mol. The molecule has 0 aromatic heterocycles. The Bertz CT molecular complexity index is 431. The van der Waals surface area contributed by atoms with Gasteiger partial charge < -0.3 is 4.90 Å². The van der Waals surface area contributed by atoms with Gasteiger partial charge in [-0.2, -0.15) is 0 Å². The molecular formula is C14H13Cl2N. The average molecular weight is 266 g/mol. The number of nitrogens with zero attached hydrogens (tertiary/aromatic N) is 1. The van der Waals surface area contributed by atoms with E-state index < -0.39 is 0 Å². The maximum atomic E-state index is 5.89. The molecule has 2 rings (SSSR count). The number of hydrogen-bond donors (Lipinski definition) is 0. The lowest BCUT2D eigenvalue weighted by Gasteiger charge is -2.23. The molecule has 0 aliphatic heterocycles. The van der Waals surface area contributed by atoms with E-state index in [9.17, 15) is 0 Å². The van der Waals surface area contributed by atoms with Gasteiger partial charge in [0.1, 0.15) is 0 Å². The molecule has 0 aliphatic rings. The van der Waals surface area contributed by atoms with Crippen molar-refractivity contribution in [1.82, 2.24) is 0 Å². The summed E-state index contributed by atoms with van der Waals surface area (Å²) in [7, 11) is 0. The maximum Gasteiger partial charge on any atom is 0.0411 e. The minimum Gasteiger partial charge on any atom is -0.342 e. The molecule has 88 valence electrons. The normalized spacial score (nSPS) is 10.3. The van der Waals surface area contributed by atoms with Gasteiger partial charge in [0.25, 0.3) is 0 Å². The van der Waals surface area contributed by atoms with Gasteiger partial charge in [0.2, 0.25) is 0 Å². The Labute approximate surface area is 112 Å². The van der Waals surface area contributed by atoms with E-state index in [0.29, 0.717) is 0 Å². The number of halogens is 2. The molecule has 0 heterocycles. The van der Waals surface area contributed by atoms with Crippen LogP contribution in [0.4, 0.5) is 11.4 Å². The summed E-state index contributed by atoms with van der Waals surface area (Å²) >= 11 is 11.8. The standard InChI is InChI=1S/C14H13Cl2N/c1-2-17(13-7-3-11(15)4-8-13)14-9-5-12(16)6-10-14/h3-10H,2H2,1H3. The van der Waals surface area contributed by atoms with Gasteiger partial charge in [0, 0.05) is 28.0 Å². The molecule has 0 radical (unpaired) electrons. The zero-order valence-corrected chi connectivity index (χ0v) is 11.0. The molecule has 0 saturated heterocycles. The summed E-state index contributed by atoms with van der Waals surface area (Å²) in [6.07, 6.45) is 0. The topological polar surface area (TPSA) is 3.24 Å². The summed E-state index contributed by atoms with van der Waals surface area (Å²) < 4.78 is 0. The molecule has 0 saturated carbocycles. The van der Waals surface area contributed by atoms with Crippen molar-refractivity contribution in [2.24, 2.45) is 0 Å². The molecule has 0 unspecified atom stereocenters. The zero-order valence-electron chi connectivity index (χ0n) is 9.53. The first-order valence-corrected chi connectivity index (χ1v) is 6.25. The Kier molecular flexibility index (Phi) is 3.93. The van der Waals surface area contributed by atoms with Crippen LogP contribution >= 0.6 is 23.2 Å². The monoisotopic (exact) mass is 265 g/mol. The molecule has 0 atom stereocenters. The van der Waals surface area contributed by atoms with Crippen molar-refractivity contribution in [2.45, 2.75) is 6.92 Å². The highest BCUT2D eigenvalue weighted by Crippen LogP contribution is 2.27. The van der Waals surface area contributed by atoms with Crippen LogP contribution < -0.4 is 4.90 Å². The molecule has 2 aromatic carbocycles. The molecule has 3 heteroatoms. The minimum absolute atomic E-state index is 0.751. The summed E-state index contributed by atoms with van der Waals surface area (Å²) in [6.45, 7) is 3.01. The summed E-state index contributed by atoms with van der Waals surface area (Å²) in [5, 5.41) is 1.50. The highest BCUT2D eigenvalue weighted by atomic mass is 35.5. The van der Waals surface area contributed by atoms with E-state index >= 15 is 0 Å². The fourth-order valence-electron chi connectivity index (χ4n) is 1.76. The average Bonchev–Trinajstić information content (AvgIpc) is 2.35. The van der Waals surface area contributed by atoms with Crippen molar-refractivity contribution < 1.29 is 0 Å². The van der Waals surface area contributed by atoms with Crippen molar-refractivity contribution in [2.75, 3.05) is 11.4 Å². The fourth-order valence-corrected chi connectivity index (χ4v) is 2.01. The minimum atomic E-state index is 0.751. The number of anilines is 2. The summed E-state index contributed by atoms with van der Waals surface area (Å²) in [6, 6.07) is 15.7. The molecular weight excluding hydrogens is 253 g/mol. The third-order valence-corrected chi connectivity index (χ3v) is 3.10. The smallest absolute Gasteiger partial charge is 0.0411 e. The third-order valence-electron chi connectivity index (χ3n) is 2.59. The predicted octanol–water partition coefficient (Wildman–Crippen LogP) is 5.15. The SMILES string of the molecule is CCN(c1ccc(Cl)cc1)c1ccc(Cl)cc1. The van der Waals surface area contributed by atoms with E-state index in [2.05, 4.69) is 11.8 Å². The van der Waals surface area contributed by atoms with Crippen LogP contribution in [0.1, 0.15) is 6.92 Å². The Morgan fingerprint density at radius 2 is 1.12 bits per heavy atom. The van der Waals surface area contributed by atoms with E-state index in [1.807, 2.05) is 48.5 Å². The molecule has 0 spiro atoms. The Morgan fingerprint density at radius 3 is 1.41 bits per heavy atom. The van der Waals surface area contributed by atoms with Gasteiger partial charge in [-0.15, -0.1) is 0 Å². The van der Waals surface area contributed by atoms with Crippen LogP contribution in [-0.4, -0.2) is 6.54 Å². The van der Waals surface area contributed by atoms with Crippen LogP contribution in [0.25, 0.3) is 0 Å². The second-order valence-corrected chi connectivity index (χ2v) is 4.57. The van der Waals surface area contributed by atoms with Gasteiger partial charge in [-0.05, 0) is 55.5 Å². The first-order chi connectivity index (χ1) is 8.20. The van der Waals surface area contributed by atoms with Gasteiger partial charge in [0.05, 0.1) is 0 Å². The van der Waals surface area contributed by atoms with Crippen LogP contribution in [0.15, 0.2) is 48.5 Å². The summed E-state index contributed by atoms with van der Waals surface area (Å²) in [5.41, 5.74) is 2.25. The van der Waals surface area contributed by atoms with Crippen LogP contribution in [0.2, 0.25) is 10.0 Å². The van der Waals surface area contributed by atoms with Crippen molar-refractivity contribution in [1.29, 1.82) is 0 Å². The van der Waals surface area contributed by atoms with Gasteiger partial charge in [0.15, 0.2) is 0 Å². The van der Waals surface area contributed by atoms with E-state index in [4.69, 9.17) is 23.2 Å². The molecule has 1 nitrogen and oxygen atoms in total. The molecule has 2 aromatic rings. The molecule has 0 bridgehead atoms. The molecule has 0 aliphatic carbocycles. The number of benzene rings is 2. The van der Waals surface area contributed by atoms with Gasteiger partial charge in [-0.3, -0.25) is 0 Å². The lowest BCUT2D eigenvalue weighted by Crippen LogP contribution is -2.15. The van der Waals surface area contributed by atoms with Crippen LogP contribution in [0.5, 0.6) is 0 Å². The van der Waals surface area contributed by atoms with Gasteiger partial charge in [-0.25, -0.2) is 0 Å². The van der Waals surface area contributed by atoms with Crippen LogP contribution in [-0.2, 0) is 0 Å². The lowest BCUT2D eigenvalue weighted by molar-refractivity contribution is 1.02. The van der Waals surface area contributed by atoms with E-state index in [1.54, 1.807) is 0 Å². The highest BCUT2D eigenvalue weighted by molar-refractivity contribution is 6.31. The fraction of sp³-hybridized carbons (Fsp3) is 0.143. The van der Waals surface area contributed by atoms with Crippen LogP contribution in [0, 0.1) is 0 Å². The quantitative estimate of drug-likeness (QED) is 0.742. The first-order valence-electron chi connectivity index (χ1n) is 5.49. The van der Waals surface area contributed by atoms with Gasteiger partial charge >= 0.3 is 0 Å². The molecule has 0 fully saturated rings. The third kappa shape index (κ3) is 2.93. The van der Waals surface area contributed by atoms with E-state index in [0.717, 1.165) is 28.0 Å². The van der Waals surface area contributed by atoms with E-state index in [1.165, 1.54) is 0 Å². The van der Waals surface area contributed by atoms with Crippen molar-refractivity contribution in [3.8, 4) is 0 Å². The molecule has 0 amide bonds. The Balaban J connectivity index is 2.33. The number of hydrogen-bond acceptors (Lipinski definition) is 1. The lowest BCUT2D eigenvalue weighted by atomic mass is 10.2. The summed E-state index contributed by atoms with van der Waals surface area (Å²) in [4.78, 5) is 2.20. The molecule has 17 heavy (non-hydrogen) atoms. The largest absolute Gasteiger partial charge is 0.342 e. The Hall–Kier alpha value is -1.18. The second kappa shape index (κ2) is 5.44. The zero-order chi connectivity index (χ0) is 12.3. The second-order valence-electron chi connectivity index (χ2n) is 3.70. The van der Waals surface area contributed by atoms with E-state index in [-0.39, 0.29) is 0 Å². The van der Waals surface area contributed by atoms with Crippen LogP contribution in [0.3, 0.4) is 0 Å². The maximum absolute atomic E-state index is 5.89.